The largest absolute Gasteiger partial charge is 0.401 e. The molecule has 6 heteroatoms. The molecule has 19 heavy (non-hydrogen) atoms. The number of pyridine rings is 1. The van der Waals surface area contributed by atoms with Crippen LogP contribution in [0.5, 0.6) is 0 Å². The van der Waals surface area contributed by atoms with Crippen molar-refractivity contribution in [1.29, 1.82) is 0 Å². The fourth-order valence-electron chi connectivity index (χ4n) is 1.18. The number of nitrogens with two attached hydrogens (primary N) is 1. The smallest absolute Gasteiger partial charge is 0.126 e. The highest BCUT2D eigenvalue weighted by atomic mass is 32.2. The van der Waals surface area contributed by atoms with Crippen LogP contribution in [-0.4, -0.2) is 17.6 Å². The molecule has 1 rings (SSSR count). The summed E-state index contributed by atoms with van der Waals surface area (Å²) < 4.78 is 0. The number of aromatic nitrogens is 1. The van der Waals surface area contributed by atoms with Gasteiger partial charge in [-0.1, -0.05) is 6.07 Å². The van der Waals surface area contributed by atoms with Gasteiger partial charge in [-0.25, -0.2) is 4.98 Å². The summed E-state index contributed by atoms with van der Waals surface area (Å²) in [6.45, 7) is 7.29. The molecule has 0 saturated heterocycles. The number of nitrogens with one attached hydrogen (secondary N) is 1. The van der Waals surface area contributed by atoms with Crippen molar-refractivity contribution in [3.05, 3.63) is 45.6 Å². The Balaban J connectivity index is 2.51. The maximum absolute atomic E-state index is 5.66. The van der Waals surface area contributed by atoms with E-state index >= 15 is 0 Å². The number of thiol groups is 1. The first kappa shape index (κ1) is 15.7. The van der Waals surface area contributed by atoms with Crippen LogP contribution < -0.4 is 11.1 Å². The zero-order chi connectivity index (χ0) is 14.3. The highest BCUT2D eigenvalue weighted by Gasteiger charge is 2.00. The topological polar surface area (TPSA) is 63.3 Å². The molecule has 102 valence electrons. The highest BCUT2D eigenvalue weighted by Crippen LogP contribution is 2.21. The summed E-state index contributed by atoms with van der Waals surface area (Å²) in [5.41, 5.74) is 8.09. The van der Waals surface area contributed by atoms with Gasteiger partial charge in [0.05, 0.1) is 11.6 Å². The van der Waals surface area contributed by atoms with Gasteiger partial charge in [-0.2, -0.15) is 0 Å². The van der Waals surface area contributed by atoms with E-state index in [2.05, 4.69) is 34.6 Å². The van der Waals surface area contributed by atoms with E-state index in [-0.39, 0.29) is 0 Å². The average Bonchev–Trinajstić information content (AvgIpc) is 2.40. The van der Waals surface area contributed by atoms with Crippen molar-refractivity contribution in [3.8, 4) is 0 Å². The molecule has 4 nitrogen and oxygen atoms in total. The molecule has 0 aliphatic heterocycles. The van der Waals surface area contributed by atoms with Crippen LogP contribution in [0.4, 0.5) is 5.82 Å². The van der Waals surface area contributed by atoms with Gasteiger partial charge in [0.25, 0.3) is 0 Å². The van der Waals surface area contributed by atoms with Crippen molar-refractivity contribution >= 4 is 36.9 Å². The molecular formula is C13H18N4S2. The molecule has 1 aromatic heterocycles. The third-order valence-electron chi connectivity index (χ3n) is 2.23. The van der Waals surface area contributed by atoms with E-state index in [0.717, 1.165) is 11.4 Å². The van der Waals surface area contributed by atoms with E-state index in [1.807, 2.05) is 30.7 Å². The van der Waals surface area contributed by atoms with Gasteiger partial charge in [-0.05, 0) is 37.6 Å². The van der Waals surface area contributed by atoms with Crippen LogP contribution in [0.15, 0.2) is 45.0 Å². The predicted molar refractivity (Wildman–Crippen MR) is 88.6 cm³/mol. The second kappa shape index (κ2) is 7.91. The Hall–Kier alpha value is -1.40. The van der Waals surface area contributed by atoms with Gasteiger partial charge in [-0.3, -0.25) is 4.99 Å². The van der Waals surface area contributed by atoms with Gasteiger partial charge in [0.1, 0.15) is 5.82 Å². The number of aryl methyl sites for hydroxylation is 1. The van der Waals surface area contributed by atoms with Crippen LogP contribution >= 0.6 is 24.4 Å². The highest BCUT2D eigenvalue weighted by molar-refractivity contribution is 8.02. The molecule has 1 heterocycles. The molecule has 0 radical (unpaired) electrons. The number of thioether (sulfide) groups is 1. The van der Waals surface area contributed by atoms with Crippen LogP contribution in [-0.2, 0) is 0 Å². The van der Waals surface area contributed by atoms with Gasteiger partial charge >= 0.3 is 0 Å². The molecule has 0 aliphatic carbocycles. The van der Waals surface area contributed by atoms with E-state index in [0.29, 0.717) is 22.2 Å². The molecule has 0 aliphatic rings. The maximum atomic E-state index is 5.66. The number of aliphatic imine (C=N–C) groups is 1. The van der Waals surface area contributed by atoms with Crippen molar-refractivity contribution in [2.45, 2.75) is 13.8 Å². The molecule has 0 saturated carbocycles. The van der Waals surface area contributed by atoms with E-state index < -0.39 is 0 Å². The van der Waals surface area contributed by atoms with Crippen LogP contribution in [0, 0.1) is 6.92 Å². The first-order valence-corrected chi connectivity index (χ1v) is 7.15. The Kier molecular flexibility index (Phi) is 6.52. The Labute approximate surface area is 123 Å². The van der Waals surface area contributed by atoms with Gasteiger partial charge < -0.3 is 11.1 Å². The zero-order valence-electron chi connectivity index (χ0n) is 11.1. The predicted octanol–water partition coefficient (Wildman–Crippen LogP) is 3.15. The quantitative estimate of drug-likeness (QED) is 0.248. The standard InChI is InChI=1S/C13H18N4S2/c1-9-4-5-12(16-6-9)17-8-19-7-11(15-3)13(18)10(2)14/h4-7,18H,3,8,14H2,1-2H3,(H,16,17)/b11-7-,13-10-. The van der Waals surface area contributed by atoms with Crippen molar-refractivity contribution in [2.24, 2.45) is 10.7 Å². The van der Waals surface area contributed by atoms with Crippen molar-refractivity contribution in [2.75, 3.05) is 11.2 Å². The fraction of sp³-hybridized carbons (Fsp3) is 0.231. The minimum Gasteiger partial charge on any atom is -0.401 e. The lowest BCUT2D eigenvalue weighted by Gasteiger charge is -2.05. The number of hydrogen-bond acceptors (Lipinski definition) is 6. The van der Waals surface area contributed by atoms with Gasteiger partial charge in [0, 0.05) is 16.8 Å². The lowest BCUT2D eigenvalue weighted by atomic mass is 10.3. The lowest BCUT2D eigenvalue weighted by molar-refractivity contribution is 1.23. The summed E-state index contributed by atoms with van der Waals surface area (Å²) in [6, 6.07) is 3.96. The van der Waals surface area contributed by atoms with Crippen molar-refractivity contribution < 1.29 is 0 Å². The van der Waals surface area contributed by atoms with E-state index in [1.165, 1.54) is 0 Å². The van der Waals surface area contributed by atoms with E-state index in [4.69, 9.17) is 5.73 Å². The van der Waals surface area contributed by atoms with Gasteiger partial charge in [-0.15, -0.1) is 24.4 Å². The third kappa shape index (κ3) is 5.40. The zero-order valence-corrected chi connectivity index (χ0v) is 12.8. The van der Waals surface area contributed by atoms with Crippen molar-refractivity contribution in [1.82, 2.24) is 4.98 Å². The summed E-state index contributed by atoms with van der Waals surface area (Å²) >= 11 is 5.83. The Morgan fingerprint density at radius 2 is 2.37 bits per heavy atom. The second-order valence-corrected chi connectivity index (χ2v) is 5.21. The van der Waals surface area contributed by atoms with Crippen LogP contribution in [0.1, 0.15) is 12.5 Å². The van der Waals surface area contributed by atoms with Gasteiger partial charge in [0.15, 0.2) is 0 Å². The summed E-state index contributed by atoms with van der Waals surface area (Å²) in [5.74, 6) is 1.52. The molecule has 0 fully saturated rings. The van der Waals surface area contributed by atoms with Crippen LogP contribution in [0.2, 0.25) is 0 Å². The molecule has 3 N–H and O–H groups in total. The molecule has 0 spiro atoms. The number of allylic oxidation sites excluding steroid dienone is 1. The summed E-state index contributed by atoms with van der Waals surface area (Å²) in [5, 5.41) is 5.06. The van der Waals surface area contributed by atoms with E-state index in [1.54, 1.807) is 18.7 Å². The summed E-state index contributed by atoms with van der Waals surface area (Å²) in [4.78, 5) is 8.80. The average molecular weight is 294 g/mol. The maximum Gasteiger partial charge on any atom is 0.126 e. The molecule has 1 aromatic rings. The van der Waals surface area contributed by atoms with Gasteiger partial charge in [0.2, 0.25) is 0 Å². The molecule has 0 aromatic carbocycles. The monoisotopic (exact) mass is 294 g/mol. The second-order valence-electron chi connectivity index (χ2n) is 3.90. The summed E-state index contributed by atoms with van der Waals surface area (Å²) in [7, 11) is 0. The number of hydrogen-bond donors (Lipinski definition) is 3. The first-order valence-electron chi connectivity index (χ1n) is 5.65. The van der Waals surface area contributed by atoms with Crippen LogP contribution in [0.3, 0.4) is 0 Å². The third-order valence-corrected chi connectivity index (χ3v) is 3.51. The number of anilines is 1. The fourth-order valence-corrected chi connectivity index (χ4v) is 2.07. The molecule has 0 amide bonds. The molecule has 0 bridgehead atoms. The Morgan fingerprint density at radius 1 is 1.63 bits per heavy atom. The lowest BCUT2D eigenvalue weighted by Crippen LogP contribution is -1.99. The number of nitrogens with zero attached hydrogens (tertiary/aromatic N) is 2. The minimum absolute atomic E-state index is 0.621. The first-order chi connectivity index (χ1) is 9.04. The molecule has 0 unspecified atom stereocenters. The molecular weight excluding hydrogens is 276 g/mol. The van der Waals surface area contributed by atoms with Crippen molar-refractivity contribution in [3.63, 3.8) is 0 Å². The molecule has 0 atom stereocenters. The SMILES string of the molecule is C=NC(=C\SCNc1ccc(C)cn1)/C(S)=C(\C)N. The number of rotatable bonds is 6. The summed E-state index contributed by atoms with van der Waals surface area (Å²) in [6.07, 6.45) is 1.83. The minimum atomic E-state index is 0.621. The van der Waals surface area contributed by atoms with Crippen LogP contribution in [0.25, 0.3) is 0 Å². The Morgan fingerprint density at radius 3 is 2.89 bits per heavy atom. The normalized spacial score (nSPS) is 12.9. The van der Waals surface area contributed by atoms with E-state index in [9.17, 15) is 0 Å². The Bertz CT molecular complexity index is 488.